The summed E-state index contributed by atoms with van der Waals surface area (Å²) in [6, 6.07) is 14.9. The molecule has 3 aromatic rings. The van der Waals surface area contributed by atoms with Crippen LogP contribution >= 0.6 is 11.3 Å². The van der Waals surface area contributed by atoms with Crippen molar-refractivity contribution in [2.24, 2.45) is 0 Å². The van der Waals surface area contributed by atoms with Gasteiger partial charge in [-0.2, -0.15) is 0 Å². The minimum Gasteiger partial charge on any atom is -0.337 e. The number of amides is 1. The Labute approximate surface area is 170 Å². The Morgan fingerprint density at radius 1 is 1.18 bits per heavy atom. The Hall–Kier alpha value is -2.53. The van der Waals surface area contributed by atoms with Crippen LogP contribution in [-0.4, -0.2) is 33.9 Å². The van der Waals surface area contributed by atoms with Crippen molar-refractivity contribution >= 4 is 17.2 Å². The second-order valence-corrected chi connectivity index (χ2v) is 8.42. The van der Waals surface area contributed by atoms with E-state index in [1.165, 1.54) is 22.5 Å². The smallest absolute Gasteiger partial charge is 0.265 e. The van der Waals surface area contributed by atoms with Crippen molar-refractivity contribution < 1.29 is 4.79 Å². The fourth-order valence-corrected chi connectivity index (χ4v) is 4.73. The highest BCUT2D eigenvalue weighted by atomic mass is 32.1. The molecule has 0 aliphatic carbocycles. The summed E-state index contributed by atoms with van der Waals surface area (Å²) < 4.78 is 0. The second kappa shape index (κ2) is 8.23. The van der Waals surface area contributed by atoms with Crippen molar-refractivity contribution in [2.75, 3.05) is 13.1 Å². The maximum absolute atomic E-state index is 12.9. The fourth-order valence-electron chi connectivity index (χ4n) is 3.96. The molecule has 144 valence electrons. The van der Waals surface area contributed by atoms with Gasteiger partial charge in [0, 0.05) is 30.4 Å². The van der Waals surface area contributed by atoms with Crippen LogP contribution in [0.3, 0.4) is 0 Å². The maximum Gasteiger partial charge on any atom is 0.265 e. The molecule has 1 unspecified atom stereocenters. The van der Waals surface area contributed by atoms with E-state index in [1.54, 1.807) is 5.51 Å². The van der Waals surface area contributed by atoms with Crippen LogP contribution < -0.4 is 0 Å². The molecule has 1 fully saturated rings. The van der Waals surface area contributed by atoms with Gasteiger partial charge in [-0.1, -0.05) is 30.3 Å². The molecule has 0 saturated carbocycles. The van der Waals surface area contributed by atoms with Gasteiger partial charge in [0.25, 0.3) is 5.91 Å². The SMILES string of the molecule is Cc1cc(Cc2ccccc2)cc(C2CCCN(C(=O)c3scnc3C)C2)n1. The number of rotatable bonds is 4. The summed E-state index contributed by atoms with van der Waals surface area (Å²) in [5.41, 5.74) is 7.34. The van der Waals surface area contributed by atoms with Gasteiger partial charge in [0.05, 0.1) is 11.2 Å². The number of hydrogen-bond acceptors (Lipinski definition) is 4. The minimum atomic E-state index is 0.113. The summed E-state index contributed by atoms with van der Waals surface area (Å²) >= 11 is 1.44. The van der Waals surface area contributed by atoms with Crippen molar-refractivity contribution in [3.05, 3.63) is 81.1 Å². The molecule has 0 bridgehead atoms. The lowest BCUT2D eigenvalue weighted by Crippen LogP contribution is -2.39. The maximum atomic E-state index is 12.9. The molecule has 1 aromatic carbocycles. The summed E-state index contributed by atoms with van der Waals surface area (Å²) in [7, 11) is 0. The lowest BCUT2D eigenvalue weighted by atomic mass is 9.92. The third-order valence-corrected chi connectivity index (χ3v) is 6.27. The molecule has 1 atom stereocenters. The first kappa shape index (κ1) is 18.8. The van der Waals surface area contributed by atoms with Crippen molar-refractivity contribution in [1.29, 1.82) is 0 Å². The molecule has 1 aliphatic rings. The molecule has 0 radical (unpaired) electrons. The van der Waals surface area contributed by atoms with Crippen LogP contribution in [0.1, 0.15) is 56.6 Å². The lowest BCUT2D eigenvalue weighted by Gasteiger charge is -2.32. The fraction of sp³-hybridized carbons (Fsp3) is 0.348. The van der Waals surface area contributed by atoms with Crippen LogP contribution in [0.5, 0.6) is 0 Å². The van der Waals surface area contributed by atoms with E-state index in [0.717, 1.165) is 54.3 Å². The Morgan fingerprint density at radius 3 is 2.75 bits per heavy atom. The number of carbonyl (C=O) groups is 1. The van der Waals surface area contributed by atoms with Crippen LogP contribution in [0.25, 0.3) is 0 Å². The molecule has 0 N–H and O–H groups in total. The topological polar surface area (TPSA) is 46.1 Å². The largest absolute Gasteiger partial charge is 0.337 e. The van der Waals surface area contributed by atoms with Crippen LogP contribution in [0.15, 0.2) is 48.0 Å². The van der Waals surface area contributed by atoms with E-state index in [9.17, 15) is 4.79 Å². The van der Waals surface area contributed by atoms with Gasteiger partial charge in [-0.05, 0) is 56.4 Å². The average Bonchev–Trinajstić information content (AvgIpc) is 3.14. The summed E-state index contributed by atoms with van der Waals surface area (Å²) in [5.74, 6) is 0.405. The van der Waals surface area contributed by atoms with Gasteiger partial charge < -0.3 is 4.90 Å². The highest BCUT2D eigenvalue weighted by Gasteiger charge is 2.28. The van der Waals surface area contributed by atoms with Gasteiger partial charge in [-0.25, -0.2) is 4.98 Å². The quantitative estimate of drug-likeness (QED) is 0.644. The van der Waals surface area contributed by atoms with Gasteiger partial charge >= 0.3 is 0 Å². The van der Waals surface area contributed by atoms with E-state index in [0.29, 0.717) is 5.92 Å². The third-order valence-electron chi connectivity index (χ3n) is 5.35. The van der Waals surface area contributed by atoms with Gasteiger partial charge in [0.1, 0.15) is 4.88 Å². The molecule has 3 heterocycles. The number of likely N-dealkylation sites (tertiary alicyclic amines) is 1. The first-order valence-electron chi connectivity index (χ1n) is 9.81. The predicted molar refractivity (Wildman–Crippen MR) is 113 cm³/mol. The monoisotopic (exact) mass is 391 g/mol. The van der Waals surface area contributed by atoms with Crippen LogP contribution in [0.4, 0.5) is 0 Å². The van der Waals surface area contributed by atoms with Gasteiger partial charge in [-0.15, -0.1) is 11.3 Å². The number of aromatic nitrogens is 2. The predicted octanol–water partition coefficient (Wildman–Crippen LogP) is 4.77. The number of benzene rings is 1. The van der Waals surface area contributed by atoms with E-state index in [-0.39, 0.29) is 5.91 Å². The first-order chi connectivity index (χ1) is 13.6. The zero-order valence-electron chi connectivity index (χ0n) is 16.4. The Bertz CT molecular complexity index is 967. The normalized spacial score (nSPS) is 16.9. The van der Waals surface area contributed by atoms with Gasteiger partial charge in [0.2, 0.25) is 0 Å². The highest BCUT2D eigenvalue weighted by molar-refractivity contribution is 7.11. The molecule has 4 nitrogen and oxygen atoms in total. The van der Waals surface area contributed by atoms with Crippen LogP contribution in [-0.2, 0) is 6.42 Å². The number of aryl methyl sites for hydroxylation is 2. The summed E-state index contributed by atoms with van der Waals surface area (Å²) in [5, 5.41) is 0. The molecule has 5 heteroatoms. The number of pyridine rings is 1. The first-order valence-corrected chi connectivity index (χ1v) is 10.7. The number of thiazole rings is 1. The molecule has 1 amide bonds. The van der Waals surface area contributed by atoms with E-state index >= 15 is 0 Å². The van der Waals surface area contributed by atoms with Crippen molar-refractivity contribution in [2.45, 2.75) is 39.0 Å². The molecule has 1 saturated heterocycles. The molecule has 0 spiro atoms. The Balaban J connectivity index is 1.53. The number of carbonyl (C=O) groups excluding carboxylic acids is 1. The van der Waals surface area contributed by atoms with E-state index in [1.807, 2.05) is 17.9 Å². The third kappa shape index (κ3) is 4.14. The molecule has 4 rings (SSSR count). The molecular formula is C23H25N3OS. The zero-order valence-corrected chi connectivity index (χ0v) is 17.2. The summed E-state index contributed by atoms with van der Waals surface area (Å²) in [6.07, 6.45) is 3.00. The Kier molecular flexibility index (Phi) is 5.53. The standard InChI is InChI=1S/C23H25N3OS/c1-16-11-19(12-18-7-4-3-5-8-18)13-21(25-16)20-9-6-10-26(14-20)23(27)22-17(2)24-15-28-22/h3-5,7-8,11,13,15,20H,6,9-10,12,14H2,1-2H3. The Morgan fingerprint density at radius 2 is 2.00 bits per heavy atom. The van der Waals surface area contributed by atoms with Crippen molar-refractivity contribution in [1.82, 2.24) is 14.9 Å². The van der Waals surface area contributed by atoms with Crippen LogP contribution in [0, 0.1) is 13.8 Å². The molecule has 2 aromatic heterocycles. The van der Waals surface area contributed by atoms with E-state index in [2.05, 4.69) is 48.3 Å². The second-order valence-electron chi connectivity index (χ2n) is 7.56. The highest BCUT2D eigenvalue weighted by Crippen LogP contribution is 2.29. The zero-order chi connectivity index (χ0) is 19.5. The van der Waals surface area contributed by atoms with Crippen molar-refractivity contribution in [3.63, 3.8) is 0 Å². The number of piperidine rings is 1. The molecule has 1 aliphatic heterocycles. The number of nitrogens with zero attached hydrogens (tertiary/aromatic N) is 3. The number of hydrogen-bond donors (Lipinski definition) is 0. The minimum absolute atomic E-state index is 0.113. The van der Waals surface area contributed by atoms with Gasteiger partial charge in [-0.3, -0.25) is 9.78 Å². The lowest BCUT2D eigenvalue weighted by molar-refractivity contribution is 0.0710. The van der Waals surface area contributed by atoms with Gasteiger partial charge in [0.15, 0.2) is 0 Å². The van der Waals surface area contributed by atoms with Crippen molar-refractivity contribution in [3.8, 4) is 0 Å². The molecule has 28 heavy (non-hydrogen) atoms. The average molecular weight is 392 g/mol. The van der Waals surface area contributed by atoms with Crippen LogP contribution in [0.2, 0.25) is 0 Å². The van der Waals surface area contributed by atoms with E-state index in [4.69, 9.17) is 4.98 Å². The van der Waals surface area contributed by atoms with E-state index < -0.39 is 0 Å². The summed E-state index contributed by atoms with van der Waals surface area (Å²) in [6.45, 7) is 5.51. The molecular weight excluding hydrogens is 366 g/mol. The summed E-state index contributed by atoms with van der Waals surface area (Å²) in [4.78, 5) is 24.7.